The number of aryl methyl sites for hydroxylation is 1. The van der Waals surface area contributed by atoms with Gasteiger partial charge in [0.2, 0.25) is 5.89 Å². The average molecular weight is 325 g/mol. The van der Waals surface area contributed by atoms with Crippen LogP contribution >= 0.6 is 15.9 Å². The third-order valence-corrected chi connectivity index (χ3v) is 3.46. The molecule has 0 unspecified atom stereocenters. The molecule has 1 aliphatic carbocycles. The van der Waals surface area contributed by atoms with Crippen molar-refractivity contribution >= 4 is 27.9 Å². The first kappa shape index (κ1) is 12.4. The summed E-state index contributed by atoms with van der Waals surface area (Å²) in [5, 5.41) is 10.4. The van der Waals surface area contributed by atoms with Gasteiger partial charge in [-0.2, -0.15) is 0 Å². The molecule has 0 saturated heterocycles. The third-order valence-electron chi connectivity index (χ3n) is 3.02. The maximum Gasteiger partial charge on any atom is 0.322 e. The highest BCUT2D eigenvalue weighted by molar-refractivity contribution is 9.10. The van der Waals surface area contributed by atoms with Gasteiger partial charge in [-0.15, -0.1) is 5.10 Å². The van der Waals surface area contributed by atoms with Crippen LogP contribution in [0.15, 0.2) is 21.2 Å². The van der Waals surface area contributed by atoms with Crippen molar-refractivity contribution in [2.24, 2.45) is 0 Å². The fourth-order valence-corrected chi connectivity index (χ4v) is 2.33. The lowest BCUT2D eigenvalue weighted by Gasteiger charge is -2.04. The standard InChI is InChI=1S/C12H13BrN4O2/c1-2-17-6-8(13)5-9(17)10(18)14-12-16-15-11(19-12)7-3-4-7/h5-7H,2-4H2,1H3,(H,14,16,18). The van der Waals surface area contributed by atoms with E-state index in [2.05, 4.69) is 31.4 Å². The van der Waals surface area contributed by atoms with Crippen molar-refractivity contribution in [1.29, 1.82) is 0 Å². The van der Waals surface area contributed by atoms with Crippen molar-refractivity contribution in [2.75, 3.05) is 5.32 Å². The second-order valence-electron chi connectivity index (χ2n) is 4.50. The van der Waals surface area contributed by atoms with Gasteiger partial charge in [0.25, 0.3) is 5.91 Å². The lowest BCUT2D eigenvalue weighted by Crippen LogP contribution is -2.16. The van der Waals surface area contributed by atoms with Gasteiger partial charge in [-0.25, -0.2) is 0 Å². The van der Waals surface area contributed by atoms with Crippen molar-refractivity contribution in [3.05, 3.63) is 28.3 Å². The van der Waals surface area contributed by atoms with Crippen LogP contribution in [-0.4, -0.2) is 20.7 Å². The number of carbonyl (C=O) groups is 1. The molecule has 0 spiro atoms. The van der Waals surface area contributed by atoms with Crippen LogP contribution in [0.4, 0.5) is 6.01 Å². The number of halogens is 1. The zero-order valence-corrected chi connectivity index (χ0v) is 12.0. The van der Waals surface area contributed by atoms with Gasteiger partial charge >= 0.3 is 6.01 Å². The summed E-state index contributed by atoms with van der Waals surface area (Å²) in [6.07, 6.45) is 4.03. The SMILES string of the molecule is CCn1cc(Br)cc1C(=O)Nc1nnc(C2CC2)o1. The molecular weight excluding hydrogens is 312 g/mol. The Hall–Kier alpha value is -1.63. The normalized spacial score (nSPS) is 14.6. The maximum absolute atomic E-state index is 12.1. The number of carbonyl (C=O) groups excluding carboxylic acids is 1. The summed E-state index contributed by atoms with van der Waals surface area (Å²) < 4.78 is 8.11. The van der Waals surface area contributed by atoms with Crippen molar-refractivity contribution in [1.82, 2.24) is 14.8 Å². The first-order chi connectivity index (χ1) is 9.17. The molecule has 0 aromatic carbocycles. The Bertz CT molecular complexity index is 615. The van der Waals surface area contributed by atoms with E-state index in [9.17, 15) is 4.79 Å². The molecule has 6 nitrogen and oxygen atoms in total. The smallest absolute Gasteiger partial charge is 0.322 e. The Morgan fingerprint density at radius 2 is 2.37 bits per heavy atom. The highest BCUT2D eigenvalue weighted by Crippen LogP contribution is 2.39. The third kappa shape index (κ3) is 2.56. The van der Waals surface area contributed by atoms with E-state index < -0.39 is 0 Å². The predicted molar refractivity (Wildman–Crippen MR) is 72.0 cm³/mol. The summed E-state index contributed by atoms with van der Waals surface area (Å²) in [4.78, 5) is 12.1. The quantitative estimate of drug-likeness (QED) is 0.938. The van der Waals surface area contributed by atoms with Crippen LogP contribution in [0.2, 0.25) is 0 Å². The first-order valence-electron chi connectivity index (χ1n) is 6.17. The average Bonchev–Trinajstić information content (AvgIpc) is 3.02. The zero-order valence-electron chi connectivity index (χ0n) is 10.4. The largest absolute Gasteiger partial charge is 0.408 e. The molecule has 3 rings (SSSR count). The van der Waals surface area contributed by atoms with Gasteiger partial charge in [0.15, 0.2) is 0 Å². The highest BCUT2D eigenvalue weighted by atomic mass is 79.9. The minimum Gasteiger partial charge on any atom is -0.408 e. The number of anilines is 1. The van der Waals surface area contributed by atoms with Crippen LogP contribution < -0.4 is 5.32 Å². The minimum atomic E-state index is -0.251. The number of amides is 1. The summed E-state index contributed by atoms with van der Waals surface area (Å²) in [5.41, 5.74) is 0.556. The molecule has 100 valence electrons. The first-order valence-corrected chi connectivity index (χ1v) is 6.97. The molecule has 0 radical (unpaired) electrons. The molecule has 0 aliphatic heterocycles. The summed E-state index contributed by atoms with van der Waals surface area (Å²) in [7, 11) is 0. The molecule has 0 atom stereocenters. The monoisotopic (exact) mass is 324 g/mol. The van der Waals surface area contributed by atoms with Gasteiger partial charge in [-0.1, -0.05) is 5.10 Å². The van der Waals surface area contributed by atoms with E-state index in [-0.39, 0.29) is 11.9 Å². The van der Waals surface area contributed by atoms with Gasteiger partial charge < -0.3 is 8.98 Å². The van der Waals surface area contributed by atoms with Crippen LogP contribution in [0, 0.1) is 0 Å². The van der Waals surface area contributed by atoms with E-state index in [0.717, 1.165) is 17.3 Å². The molecular formula is C12H13BrN4O2. The van der Waals surface area contributed by atoms with Gasteiger partial charge in [0, 0.05) is 23.1 Å². The lowest BCUT2D eigenvalue weighted by atomic mass is 10.4. The van der Waals surface area contributed by atoms with Crippen LogP contribution in [0.1, 0.15) is 42.1 Å². The predicted octanol–water partition coefficient (Wildman–Crippen LogP) is 2.78. The number of nitrogens with one attached hydrogen (secondary N) is 1. The molecule has 2 aromatic heterocycles. The Kier molecular flexibility index (Phi) is 3.14. The number of rotatable bonds is 4. The van der Waals surface area contributed by atoms with Crippen molar-refractivity contribution in [3.8, 4) is 0 Å². The van der Waals surface area contributed by atoms with Crippen LogP contribution in [-0.2, 0) is 6.54 Å². The second kappa shape index (κ2) is 4.80. The fraction of sp³-hybridized carbons (Fsp3) is 0.417. The number of nitrogens with zero attached hydrogens (tertiary/aromatic N) is 3. The van der Waals surface area contributed by atoms with E-state index >= 15 is 0 Å². The zero-order chi connectivity index (χ0) is 13.4. The summed E-state index contributed by atoms with van der Waals surface area (Å²) in [6, 6.07) is 1.92. The minimum absolute atomic E-state index is 0.159. The molecule has 1 fully saturated rings. The van der Waals surface area contributed by atoms with E-state index in [1.165, 1.54) is 0 Å². The highest BCUT2D eigenvalue weighted by Gasteiger charge is 2.29. The van der Waals surface area contributed by atoms with Crippen molar-refractivity contribution in [3.63, 3.8) is 0 Å². The molecule has 1 N–H and O–H groups in total. The molecule has 19 heavy (non-hydrogen) atoms. The van der Waals surface area contributed by atoms with E-state index in [1.54, 1.807) is 6.07 Å². The molecule has 0 bridgehead atoms. The Morgan fingerprint density at radius 1 is 1.58 bits per heavy atom. The maximum atomic E-state index is 12.1. The Balaban J connectivity index is 1.75. The van der Waals surface area contributed by atoms with Crippen molar-refractivity contribution in [2.45, 2.75) is 32.2 Å². The summed E-state index contributed by atoms with van der Waals surface area (Å²) >= 11 is 3.36. The lowest BCUT2D eigenvalue weighted by molar-refractivity contribution is 0.101. The van der Waals surface area contributed by atoms with Gasteiger partial charge in [-0.05, 0) is 41.8 Å². The second-order valence-corrected chi connectivity index (χ2v) is 5.42. The number of hydrogen-bond acceptors (Lipinski definition) is 4. The summed E-state index contributed by atoms with van der Waals surface area (Å²) in [6.45, 7) is 2.69. The van der Waals surface area contributed by atoms with E-state index in [1.807, 2.05) is 17.7 Å². The van der Waals surface area contributed by atoms with Crippen LogP contribution in [0.25, 0.3) is 0 Å². The van der Waals surface area contributed by atoms with Gasteiger partial charge in [-0.3, -0.25) is 10.1 Å². The fourth-order valence-electron chi connectivity index (χ4n) is 1.87. The molecule has 7 heteroatoms. The molecule has 1 amide bonds. The topological polar surface area (TPSA) is 73.0 Å². The van der Waals surface area contributed by atoms with E-state index in [4.69, 9.17) is 4.42 Å². The summed E-state index contributed by atoms with van der Waals surface area (Å²) in [5.74, 6) is 0.743. The number of aromatic nitrogens is 3. The molecule has 1 saturated carbocycles. The van der Waals surface area contributed by atoms with Crippen LogP contribution in [0.3, 0.4) is 0 Å². The van der Waals surface area contributed by atoms with Gasteiger partial charge in [0.05, 0.1) is 0 Å². The van der Waals surface area contributed by atoms with Crippen molar-refractivity contribution < 1.29 is 9.21 Å². The molecule has 2 heterocycles. The van der Waals surface area contributed by atoms with Gasteiger partial charge in [0.1, 0.15) is 5.69 Å². The molecule has 1 aliphatic rings. The Labute approximate surface area is 118 Å². The molecule has 2 aromatic rings. The van der Waals surface area contributed by atoms with E-state index in [0.29, 0.717) is 24.0 Å². The van der Waals surface area contributed by atoms with Crippen LogP contribution in [0.5, 0.6) is 0 Å². The number of hydrogen-bond donors (Lipinski definition) is 1. The Morgan fingerprint density at radius 3 is 3.05 bits per heavy atom.